The number of carbonyl (C=O) groups excluding carboxylic acids is 2. The van der Waals surface area contributed by atoms with E-state index in [0.717, 1.165) is 32.2 Å². The van der Waals surface area contributed by atoms with E-state index in [1.807, 2.05) is 11.8 Å². The van der Waals surface area contributed by atoms with Gasteiger partial charge >= 0.3 is 0 Å². The molecule has 0 spiro atoms. The van der Waals surface area contributed by atoms with Crippen LogP contribution in [-0.4, -0.2) is 35.8 Å². The monoisotopic (exact) mass is 328 g/mol. The number of hydrogen-bond donors (Lipinski definition) is 1. The minimum Gasteiger partial charge on any atom is -0.352 e. The smallest absolute Gasteiger partial charge is 0.223 e. The SMILES string of the molecule is CCC(=O)N[C@H]1CCCN(C(=O)C[C@H]2CCCc3ccccc32)C1. The molecule has 0 saturated carbocycles. The van der Waals surface area contributed by atoms with E-state index >= 15 is 0 Å². The summed E-state index contributed by atoms with van der Waals surface area (Å²) in [6, 6.07) is 8.68. The lowest BCUT2D eigenvalue weighted by Crippen LogP contribution is -2.49. The molecule has 4 heteroatoms. The van der Waals surface area contributed by atoms with Crippen molar-refractivity contribution in [2.45, 2.75) is 63.8 Å². The number of hydrogen-bond acceptors (Lipinski definition) is 2. The van der Waals surface area contributed by atoms with Crippen LogP contribution in [0.3, 0.4) is 0 Å². The zero-order valence-electron chi connectivity index (χ0n) is 14.6. The molecule has 1 N–H and O–H groups in total. The van der Waals surface area contributed by atoms with Crippen LogP contribution in [-0.2, 0) is 16.0 Å². The van der Waals surface area contributed by atoms with Crippen molar-refractivity contribution in [2.75, 3.05) is 13.1 Å². The van der Waals surface area contributed by atoms with Gasteiger partial charge in [0.2, 0.25) is 11.8 Å². The molecule has 130 valence electrons. The normalized spacial score (nSPS) is 23.5. The third kappa shape index (κ3) is 3.97. The number of rotatable bonds is 4. The zero-order chi connectivity index (χ0) is 16.9. The Morgan fingerprint density at radius 2 is 2.04 bits per heavy atom. The van der Waals surface area contributed by atoms with Gasteiger partial charge in [0, 0.05) is 32.0 Å². The molecule has 0 aromatic heterocycles. The summed E-state index contributed by atoms with van der Waals surface area (Å²) in [6.07, 6.45) is 6.46. The largest absolute Gasteiger partial charge is 0.352 e. The molecule has 1 aromatic rings. The molecule has 4 nitrogen and oxygen atoms in total. The minimum atomic E-state index is 0.0792. The van der Waals surface area contributed by atoms with Crippen molar-refractivity contribution in [3.05, 3.63) is 35.4 Å². The van der Waals surface area contributed by atoms with E-state index in [1.165, 1.54) is 17.5 Å². The van der Waals surface area contributed by atoms with E-state index in [1.54, 1.807) is 0 Å². The van der Waals surface area contributed by atoms with Crippen molar-refractivity contribution < 1.29 is 9.59 Å². The van der Waals surface area contributed by atoms with Crippen molar-refractivity contribution in [1.82, 2.24) is 10.2 Å². The summed E-state index contributed by atoms with van der Waals surface area (Å²) in [5, 5.41) is 3.04. The van der Waals surface area contributed by atoms with Crippen molar-refractivity contribution in [3.63, 3.8) is 0 Å². The predicted molar refractivity (Wildman–Crippen MR) is 94.8 cm³/mol. The number of carbonyl (C=O) groups is 2. The fourth-order valence-corrected chi connectivity index (χ4v) is 4.06. The average molecular weight is 328 g/mol. The first-order valence-electron chi connectivity index (χ1n) is 9.32. The second kappa shape index (κ2) is 7.82. The van der Waals surface area contributed by atoms with Crippen LogP contribution in [0.2, 0.25) is 0 Å². The number of likely N-dealkylation sites (tertiary alicyclic amines) is 1. The Bertz CT molecular complexity index is 599. The van der Waals surface area contributed by atoms with Crippen LogP contribution in [0.5, 0.6) is 0 Å². The van der Waals surface area contributed by atoms with E-state index < -0.39 is 0 Å². The van der Waals surface area contributed by atoms with Crippen molar-refractivity contribution in [3.8, 4) is 0 Å². The molecule has 24 heavy (non-hydrogen) atoms. The minimum absolute atomic E-state index is 0.0792. The maximum Gasteiger partial charge on any atom is 0.223 e. The Balaban J connectivity index is 1.60. The number of benzene rings is 1. The molecule has 1 fully saturated rings. The Labute approximate surface area is 144 Å². The lowest BCUT2D eigenvalue weighted by atomic mass is 9.81. The molecule has 2 amide bonds. The van der Waals surface area contributed by atoms with Crippen molar-refractivity contribution in [1.29, 1.82) is 0 Å². The first-order chi connectivity index (χ1) is 11.7. The number of piperidine rings is 1. The molecule has 1 heterocycles. The average Bonchev–Trinajstić information content (AvgIpc) is 2.62. The highest BCUT2D eigenvalue weighted by molar-refractivity contribution is 5.78. The van der Waals surface area contributed by atoms with Crippen LogP contribution >= 0.6 is 0 Å². The first kappa shape index (κ1) is 17.0. The molecule has 1 saturated heterocycles. The highest BCUT2D eigenvalue weighted by Crippen LogP contribution is 2.34. The van der Waals surface area contributed by atoms with Gasteiger partial charge in [-0.2, -0.15) is 0 Å². The van der Waals surface area contributed by atoms with Crippen molar-refractivity contribution >= 4 is 11.8 Å². The van der Waals surface area contributed by atoms with Gasteiger partial charge in [0.05, 0.1) is 0 Å². The van der Waals surface area contributed by atoms with Crippen molar-refractivity contribution in [2.24, 2.45) is 0 Å². The maximum atomic E-state index is 12.8. The topological polar surface area (TPSA) is 49.4 Å². The first-order valence-corrected chi connectivity index (χ1v) is 9.32. The Morgan fingerprint density at radius 3 is 2.88 bits per heavy atom. The second-order valence-corrected chi connectivity index (χ2v) is 7.09. The Hall–Kier alpha value is -1.84. The lowest BCUT2D eigenvalue weighted by Gasteiger charge is -2.35. The molecule has 0 bridgehead atoms. The Kier molecular flexibility index (Phi) is 5.54. The second-order valence-electron chi connectivity index (χ2n) is 7.09. The predicted octanol–water partition coefficient (Wildman–Crippen LogP) is 3.01. The summed E-state index contributed by atoms with van der Waals surface area (Å²) in [5.74, 6) is 0.677. The lowest BCUT2D eigenvalue weighted by molar-refractivity contribution is -0.134. The summed E-state index contributed by atoms with van der Waals surface area (Å²) in [5.41, 5.74) is 2.78. The molecule has 2 aliphatic rings. The molecule has 1 aromatic carbocycles. The van der Waals surface area contributed by atoms with Crippen LogP contribution in [0.4, 0.5) is 0 Å². The summed E-state index contributed by atoms with van der Waals surface area (Å²) in [6.45, 7) is 3.35. The number of nitrogens with zero attached hydrogens (tertiary/aromatic N) is 1. The maximum absolute atomic E-state index is 12.8. The molecule has 1 aliphatic heterocycles. The van der Waals surface area contributed by atoms with Gasteiger partial charge < -0.3 is 10.2 Å². The molecule has 0 radical (unpaired) electrons. The third-order valence-corrected chi connectivity index (χ3v) is 5.37. The van der Waals surface area contributed by atoms with E-state index in [0.29, 0.717) is 25.3 Å². The summed E-state index contributed by atoms with van der Waals surface area (Å²) < 4.78 is 0. The summed E-state index contributed by atoms with van der Waals surface area (Å²) in [7, 11) is 0. The molecular formula is C20H28N2O2. The number of amides is 2. The highest BCUT2D eigenvalue weighted by Gasteiger charge is 2.28. The molecule has 1 aliphatic carbocycles. The Morgan fingerprint density at radius 1 is 1.21 bits per heavy atom. The zero-order valence-corrected chi connectivity index (χ0v) is 14.6. The van der Waals surface area contributed by atoms with Gasteiger partial charge in [-0.1, -0.05) is 31.2 Å². The summed E-state index contributed by atoms with van der Waals surface area (Å²) in [4.78, 5) is 26.3. The van der Waals surface area contributed by atoms with Gasteiger partial charge in [-0.15, -0.1) is 0 Å². The van der Waals surface area contributed by atoms with Gasteiger partial charge in [0.15, 0.2) is 0 Å². The fraction of sp³-hybridized carbons (Fsp3) is 0.600. The summed E-state index contributed by atoms with van der Waals surface area (Å²) >= 11 is 0. The molecule has 3 rings (SSSR count). The van der Waals surface area contributed by atoms with E-state index in [2.05, 4.69) is 29.6 Å². The van der Waals surface area contributed by atoms with Gasteiger partial charge in [-0.05, 0) is 49.1 Å². The van der Waals surface area contributed by atoms with Crippen LogP contribution in [0, 0.1) is 0 Å². The number of nitrogens with one attached hydrogen (secondary N) is 1. The standard InChI is InChI=1S/C20H28N2O2/c1-2-19(23)21-17-10-6-12-22(14-17)20(24)13-16-9-5-8-15-7-3-4-11-18(15)16/h3-4,7,11,16-17H,2,5-6,8-10,12-14H2,1H3,(H,21,23)/t16-,17+/m1/s1. The molecule has 2 atom stereocenters. The van der Waals surface area contributed by atoms with E-state index in [4.69, 9.17) is 0 Å². The highest BCUT2D eigenvalue weighted by atomic mass is 16.2. The number of fused-ring (bicyclic) bond motifs is 1. The third-order valence-electron chi connectivity index (χ3n) is 5.37. The van der Waals surface area contributed by atoms with Gasteiger partial charge in [0.25, 0.3) is 0 Å². The van der Waals surface area contributed by atoms with Gasteiger partial charge in [-0.25, -0.2) is 0 Å². The quantitative estimate of drug-likeness (QED) is 0.923. The van der Waals surface area contributed by atoms with Crippen LogP contribution in [0.25, 0.3) is 0 Å². The van der Waals surface area contributed by atoms with Crippen LogP contribution < -0.4 is 5.32 Å². The van der Waals surface area contributed by atoms with Crippen LogP contribution in [0.15, 0.2) is 24.3 Å². The number of aryl methyl sites for hydroxylation is 1. The molecule has 0 unspecified atom stereocenters. The molecular weight excluding hydrogens is 300 g/mol. The fourth-order valence-electron chi connectivity index (χ4n) is 4.06. The van der Waals surface area contributed by atoms with Gasteiger partial charge in [0.1, 0.15) is 0 Å². The van der Waals surface area contributed by atoms with Gasteiger partial charge in [-0.3, -0.25) is 9.59 Å². The van der Waals surface area contributed by atoms with E-state index in [9.17, 15) is 9.59 Å². The van der Waals surface area contributed by atoms with Crippen LogP contribution in [0.1, 0.15) is 62.5 Å². The van der Waals surface area contributed by atoms with E-state index in [-0.39, 0.29) is 17.9 Å².